The molecule has 2 rings (SSSR count). The summed E-state index contributed by atoms with van der Waals surface area (Å²) in [5, 5.41) is 9.85. The van der Waals surface area contributed by atoms with Crippen LogP contribution in [0.25, 0.3) is 0 Å². The first-order valence-corrected chi connectivity index (χ1v) is 6.65. The van der Waals surface area contributed by atoms with Gasteiger partial charge in [0.05, 0.1) is 5.92 Å². The number of rotatable bonds is 3. The summed E-state index contributed by atoms with van der Waals surface area (Å²) in [4.78, 5) is 13.2. The molecule has 0 amide bonds. The van der Waals surface area contributed by atoms with Crippen molar-refractivity contribution >= 4 is 17.6 Å². The molecule has 1 saturated heterocycles. The van der Waals surface area contributed by atoms with Gasteiger partial charge in [-0.05, 0) is 43.5 Å². The van der Waals surface area contributed by atoms with E-state index in [0.717, 1.165) is 36.5 Å². The van der Waals surface area contributed by atoms with Gasteiger partial charge in [-0.25, -0.2) is 0 Å². The molecule has 0 bridgehead atoms. The third-order valence-electron chi connectivity index (χ3n) is 3.59. The second-order valence-electron chi connectivity index (χ2n) is 4.95. The predicted molar refractivity (Wildman–Crippen MR) is 71.8 cm³/mol. The molecule has 3 nitrogen and oxygen atoms in total. The molecule has 1 aromatic carbocycles. The Bertz CT molecular complexity index is 427. The van der Waals surface area contributed by atoms with E-state index >= 15 is 0 Å². The lowest BCUT2D eigenvalue weighted by atomic mass is 9.97. The van der Waals surface area contributed by atoms with Crippen LogP contribution in [-0.2, 0) is 11.3 Å². The van der Waals surface area contributed by atoms with Gasteiger partial charge in [-0.15, -0.1) is 0 Å². The van der Waals surface area contributed by atoms with Gasteiger partial charge in [-0.2, -0.15) is 0 Å². The molecule has 1 aliphatic heterocycles. The highest BCUT2D eigenvalue weighted by molar-refractivity contribution is 6.31. The molecule has 1 aliphatic rings. The molecular formula is C14H18ClNO2. The summed E-state index contributed by atoms with van der Waals surface area (Å²) in [6, 6.07) is 5.87. The molecule has 0 unspecified atom stereocenters. The summed E-state index contributed by atoms with van der Waals surface area (Å²) in [5.74, 6) is -0.919. The number of benzene rings is 1. The lowest BCUT2D eigenvalue weighted by Crippen LogP contribution is -2.38. The summed E-state index contributed by atoms with van der Waals surface area (Å²) >= 11 is 6.20. The maximum atomic E-state index is 11.0. The summed E-state index contributed by atoms with van der Waals surface area (Å²) < 4.78 is 0. The van der Waals surface area contributed by atoms with Gasteiger partial charge in [0, 0.05) is 18.1 Å². The lowest BCUT2D eigenvalue weighted by Gasteiger charge is -2.31. The number of carbonyl (C=O) groups is 1. The molecule has 1 heterocycles. The van der Waals surface area contributed by atoms with Gasteiger partial charge in [0.15, 0.2) is 0 Å². The van der Waals surface area contributed by atoms with Crippen molar-refractivity contribution in [2.75, 3.05) is 13.1 Å². The van der Waals surface area contributed by atoms with Gasteiger partial charge in [0.1, 0.15) is 0 Å². The Morgan fingerprint density at radius 3 is 3.00 bits per heavy atom. The molecule has 18 heavy (non-hydrogen) atoms. The molecule has 0 radical (unpaired) electrons. The van der Waals surface area contributed by atoms with Crippen LogP contribution in [0.15, 0.2) is 18.2 Å². The highest BCUT2D eigenvalue weighted by atomic mass is 35.5. The van der Waals surface area contributed by atoms with Crippen molar-refractivity contribution in [2.45, 2.75) is 26.3 Å². The molecule has 1 aromatic rings. The summed E-state index contributed by atoms with van der Waals surface area (Å²) in [6.07, 6.45) is 1.73. The van der Waals surface area contributed by atoms with Crippen LogP contribution in [0.5, 0.6) is 0 Å². The third-order valence-corrected chi connectivity index (χ3v) is 3.94. The number of carboxylic acid groups (broad SMARTS) is 1. The first-order valence-electron chi connectivity index (χ1n) is 6.27. The smallest absolute Gasteiger partial charge is 0.307 e. The van der Waals surface area contributed by atoms with E-state index < -0.39 is 5.97 Å². The Morgan fingerprint density at radius 1 is 1.56 bits per heavy atom. The van der Waals surface area contributed by atoms with Crippen molar-refractivity contribution < 1.29 is 9.90 Å². The molecule has 1 atom stereocenters. The molecular weight excluding hydrogens is 250 g/mol. The van der Waals surface area contributed by atoms with Gasteiger partial charge < -0.3 is 5.11 Å². The second kappa shape index (κ2) is 5.72. The van der Waals surface area contributed by atoms with Crippen molar-refractivity contribution in [3.8, 4) is 0 Å². The van der Waals surface area contributed by atoms with Crippen LogP contribution in [0.1, 0.15) is 24.0 Å². The van der Waals surface area contributed by atoms with Crippen LogP contribution in [0.2, 0.25) is 5.02 Å². The van der Waals surface area contributed by atoms with Crippen molar-refractivity contribution in [1.29, 1.82) is 0 Å². The Morgan fingerprint density at radius 2 is 2.33 bits per heavy atom. The number of carboxylic acids is 1. The number of aryl methyl sites for hydroxylation is 1. The van der Waals surface area contributed by atoms with E-state index in [2.05, 4.69) is 4.90 Å². The number of aliphatic carboxylic acids is 1. The second-order valence-corrected chi connectivity index (χ2v) is 5.35. The molecule has 0 aromatic heterocycles. The zero-order valence-corrected chi connectivity index (χ0v) is 11.3. The van der Waals surface area contributed by atoms with Gasteiger partial charge in [0.2, 0.25) is 0 Å². The van der Waals surface area contributed by atoms with Crippen LogP contribution in [0.3, 0.4) is 0 Å². The van der Waals surface area contributed by atoms with Crippen LogP contribution in [0, 0.1) is 12.8 Å². The number of hydrogen-bond donors (Lipinski definition) is 1. The molecule has 1 fully saturated rings. The van der Waals surface area contributed by atoms with E-state index in [1.165, 1.54) is 5.56 Å². The van der Waals surface area contributed by atoms with E-state index in [4.69, 9.17) is 16.7 Å². The minimum absolute atomic E-state index is 0.235. The summed E-state index contributed by atoms with van der Waals surface area (Å²) in [7, 11) is 0. The van der Waals surface area contributed by atoms with Crippen LogP contribution < -0.4 is 0 Å². The standard InChI is InChI=1S/C14H18ClNO2/c1-10-4-2-6-13(15)12(10)9-16-7-3-5-11(8-16)14(17)18/h2,4,6,11H,3,5,7-9H2,1H3,(H,17,18)/t11-/m0/s1. The fourth-order valence-electron chi connectivity index (χ4n) is 2.49. The zero-order valence-electron chi connectivity index (χ0n) is 10.5. The third kappa shape index (κ3) is 3.03. The Kier molecular flexibility index (Phi) is 4.25. The Labute approximate surface area is 112 Å². The molecule has 98 valence electrons. The zero-order chi connectivity index (χ0) is 13.1. The summed E-state index contributed by atoms with van der Waals surface area (Å²) in [5.41, 5.74) is 2.28. The SMILES string of the molecule is Cc1cccc(Cl)c1CN1CCC[C@H](C(=O)O)C1. The van der Waals surface area contributed by atoms with Gasteiger partial charge in [0.25, 0.3) is 0 Å². The van der Waals surface area contributed by atoms with Crippen molar-refractivity contribution in [3.63, 3.8) is 0 Å². The molecule has 0 saturated carbocycles. The fraction of sp³-hybridized carbons (Fsp3) is 0.500. The molecule has 0 aliphatic carbocycles. The predicted octanol–water partition coefficient (Wildman–Crippen LogP) is 2.95. The number of nitrogens with zero attached hydrogens (tertiary/aromatic N) is 1. The fourth-order valence-corrected chi connectivity index (χ4v) is 2.77. The Balaban J connectivity index is 2.07. The average Bonchev–Trinajstić information content (AvgIpc) is 2.34. The van der Waals surface area contributed by atoms with E-state index in [1.54, 1.807) is 0 Å². The van der Waals surface area contributed by atoms with E-state index in [-0.39, 0.29) is 5.92 Å². The van der Waals surface area contributed by atoms with Crippen LogP contribution in [-0.4, -0.2) is 29.1 Å². The monoisotopic (exact) mass is 267 g/mol. The van der Waals surface area contributed by atoms with E-state index in [1.807, 2.05) is 25.1 Å². The van der Waals surface area contributed by atoms with Gasteiger partial charge in [-0.1, -0.05) is 23.7 Å². The van der Waals surface area contributed by atoms with Crippen LogP contribution >= 0.6 is 11.6 Å². The number of piperidine rings is 1. The largest absolute Gasteiger partial charge is 0.481 e. The molecule has 1 N–H and O–H groups in total. The number of likely N-dealkylation sites (tertiary alicyclic amines) is 1. The maximum absolute atomic E-state index is 11.0. The van der Waals surface area contributed by atoms with Gasteiger partial charge in [-0.3, -0.25) is 9.69 Å². The van der Waals surface area contributed by atoms with Crippen molar-refractivity contribution in [3.05, 3.63) is 34.3 Å². The van der Waals surface area contributed by atoms with E-state index in [0.29, 0.717) is 6.54 Å². The highest BCUT2D eigenvalue weighted by Crippen LogP contribution is 2.24. The van der Waals surface area contributed by atoms with E-state index in [9.17, 15) is 4.79 Å². The molecule has 0 spiro atoms. The first kappa shape index (κ1) is 13.4. The molecule has 4 heteroatoms. The number of hydrogen-bond acceptors (Lipinski definition) is 2. The minimum Gasteiger partial charge on any atom is -0.481 e. The highest BCUT2D eigenvalue weighted by Gasteiger charge is 2.25. The topological polar surface area (TPSA) is 40.5 Å². The quantitative estimate of drug-likeness (QED) is 0.915. The maximum Gasteiger partial charge on any atom is 0.307 e. The minimum atomic E-state index is -0.685. The Hall–Kier alpha value is -1.06. The summed E-state index contributed by atoms with van der Waals surface area (Å²) in [6.45, 7) is 4.36. The number of halogens is 1. The average molecular weight is 268 g/mol. The van der Waals surface area contributed by atoms with Crippen molar-refractivity contribution in [1.82, 2.24) is 4.90 Å². The first-order chi connectivity index (χ1) is 8.58. The van der Waals surface area contributed by atoms with Gasteiger partial charge >= 0.3 is 5.97 Å². The normalized spacial score (nSPS) is 20.9. The van der Waals surface area contributed by atoms with Crippen molar-refractivity contribution in [2.24, 2.45) is 5.92 Å². The van der Waals surface area contributed by atoms with Crippen LogP contribution in [0.4, 0.5) is 0 Å². The lowest BCUT2D eigenvalue weighted by molar-refractivity contribution is -0.143.